The summed E-state index contributed by atoms with van der Waals surface area (Å²) in [6.07, 6.45) is 2.70. The number of nitrogens with one attached hydrogen (secondary N) is 2. The van der Waals surface area contributed by atoms with Crippen molar-refractivity contribution in [2.24, 2.45) is 5.73 Å². The Morgan fingerprint density at radius 2 is 1.88 bits per heavy atom. The van der Waals surface area contributed by atoms with Gasteiger partial charge in [0.15, 0.2) is 0 Å². The van der Waals surface area contributed by atoms with Gasteiger partial charge in [0.25, 0.3) is 5.91 Å². The third kappa shape index (κ3) is 5.41. The molecule has 6 nitrogen and oxygen atoms in total. The molecule has 0 spiro atoms. The van der Waals surface area contributed by atoms with Crippen molar-refractivity contribution in [2.75, 3.05) is 11.9 Å². The molecule has 0 aliphatic carbocycles. The van der Waals surface area contributed by atoms with E-state index in [0.717, 1.165) is 39.6 Å². The summed E-state index contributed by atoms with van der Waals surface area (Å²) in [6, 6.07) is 20.4. The molecule has 0 bridgehead atoms. The van der Waals surface area contributed by atoms with Crippen molar-refractivity contribution in [2.45, 2.75) is 39.8 Å². The first kappa shape index (κ1) is 23.4. The van der Waals surface area contributed by atoms with Crippen molar-refractivity contribution < 1.29 is 4.79 Å². The maximum absolute atomic E-state index is 12.3. The number of anilines is 1. The number of nitrogens with two attached hydrogens (primary N) is 1. The van der Waals surface area contributed by atoms with Gasteiger partial charge in [0, 0.05) is 36.3 Å². The first-order valence-corrected chi connectivity index (χ1v) is 11.7. The molecule has 0 radical (unpaired) electrons. The van der Waals surface area contributed by atoms with Crippen molar-refractivity contribution in [1.82, 2.24) is 15.3 Å². The van der Waals surface area contributed by atoms with Crippen LogP contribution in [-0.4, -0.2) is 28.5 Å². The van der Waals surface area contributed by atoms with Gasteiger partial charge in [-0.05, 0) is 79.3 Å². The lowest BCUT2D eigenvalue weighted by Gasteiger charge is -2.15. The number of benzene rings is 3. The van der Waals surface area contributed by atoms with Gasteiger partial charge in [-0.15, -0.1) is 0 Å². The van der Waals surface area contributed by atoms with Crippen LogP contribution in [0.4, 0.5) is 5.95 Å². The number of aryl methyl sites for hydroxylation is 1. The minimum atomic E-state index is -0.0625. The molecule has 3 aromatic carbocycles. The minimum Gasteiger partial charge on any atom is -0.352 e. The van der Waals surface area contributed by atoms with Gasteiger partial charge < -0.3 is 16.4 Å². The van der Waals surface area contributed by atoms with E-state index in [0.29, 0.717) is 24.6 Å². The van der Waals surface area contributed by atoms with Crippen LogP contribution in [-0.2, 0) is 13.0 Å². The van der Waals surface area contributed by atoms with Gasteiger partial charge in [0.1, 0.15) is 0 Å². The summed E-state index contributed by atoms with van der Waals surface area (Å²) in [5.74, 6) is 0.546. The Labute approximate surface area is 200 Å². The number of carbonyl (C=O) groups is 1. The number of aromatic nitrogens is 2. The number of fused-ring (bicyclic) bond motifs is 1. The molecule has 0 saturated carbocycles. The molecule has 34 heavy (non-hydrogen) atoms. The van der Waals surface area contributed by atoms with Crippen LogP contribution in [0.3, 0.4) is 0 Å². The zero-order valence-corrected chi connectivity index (χ0v) is 19.9. The number of hydrogen-bond donors (Lipinski definition) is 3. The molecule has 1 unspecified atom stereocenters. The van der Waals surface area contributed by atoms with E-state index in [9.17, 15) is 4.79 Å². The summed E-state index contributed by atoms with van der Waals surface area (Å²) in [6.45, 7) is 7.23. The Morgan fingerprint density at radius 1 is 1.06 bits per heavy atom. The predicted molar refractivity (Wildman–Crippen MR) is 139 cm³/mol. The number of carbonyl (C=O) groups excluding carboxylic acids is 1. The lowest BCUT2D eigenvalue weighted by atomic mass is 9.97. The average molecular weight is 454 g/mol. The molecule has 0 aliphatic heterocycles. The summed E-state index contributed by atoms with van der Waals surface area (Å²) in [5.41, 5.74) is 12.8. The van der Waals surface area contributed by atoms with E-state index in [1.165, 1.54) is 5.56 Å². The van der Waals surface area contributed by atoms with Crippen LogP contribution in [0.25, 0.3) is 22.0 Å². The first-order chi connectivity index (χ1) is 16.5. The van der Waals surface area contributed by atoms with Gasteiger partial charge in [-0.25, -0.2) is 9.97 Å². The molecular weight excluding hydrogens is 422 g/mol. The van der Waals surface area contributed by atoms with E-state index in [1.54, 1.807) is 0 Å². The Kier molecular flexibility index (Phi) is 7.18. The molecule has 0 saturated heterocycles. The van der Waals surface area contributed by atoms with Crippen molar-refractivity contribution in [3.63, 3.8) is 0 Å². The van der Waals surface area contributed by atoms with Gasteiger partial charge in [-0.1, -0.05) is 36.4 Å². The molecule has 1 atom stereocenters. The molecule has 0 fully saturated rings. The average Bonchev–Trinajstić information content (AvgIpc) is 2.84. The molecular formula is C28H31N5O. The zero-order valence-electron chi connectivity index (χ0n) is 19.9. The van der Waals surface area contributed by atoms with Crippen molar-refractivity contribution in [3.05, 3.63) is 89.1 Å². The summed E-state index contributed by atoms with van der Waals surface area (Å²) in [7, 11) is 0. The first-order valence-electron chi connectivity index (χ1n) is 11.7. The number of nitrogens with zero attached hydrogens (tertiary/aromatic N) is 2. The van der Waals surface area contributed by atoms with Crippen molar-refractivity contribution >= 4 is 22.8 Å². The van der Waals surface area contributed by atoms with Crippen LogP contribution in [0.15, 0.2) is 66.9 Å². The zero-order chi connectivity index (χ0) is 24.1. The Bertz CT molecular complexity index is 1320. The van der Waals surface area contributed by atoms with E-state index in [-0.39, 0.29) is 11.9 Å². The topological polar surface area (TPSA) is 92.9 Å². The predicted octanol–water partition coefficient (Wildman–Crippen LogP) is 4.86. The fourth-order valence-electron chi connectivity index (χ4n) is 4.12. The fraction of sp³-hybridized carbons (Fsp3) is 0.250. The van der Waals surface area contributed by atoms with E-state index >= 15 is 0 Å². The summed E-state index contributed by atoms with van der Waals surface area (Å²) >= 11 is 0. The molecule has 0 aliphatic rings. The summed E-state index contributed by atoms with van der Waals surface area (Å²) < 4.78 is 0. The third-order valence-corrected chi connectivity index (χ3v) is 5.87. The van der Waals surface area contributed by atoms with E-state index < -0.39 is 0 Å². The standard InChI is InChI=1S/C28H31N5O/c1-4-30-27(34)23-9-8-18(2)25(15-23)22-10-11-26-24(14-22)17-31-28(33-26)32-19(3)12-20-6-5-7-21(13-20)16-29/h5-11,13-15,17,19H,4,12,16,29H2,1-3H3,(H,30,34)(H,31,32,33). The maximum Gasteiger partial charge on any atom is 0.251 e. The second-order valence-electron chi connectivity index (χ2n) is 8.63. The SMILES string of the molecule is CCNC(=O)c1ccc(C)c(-c2ccc3nc(NC(C)Cc4cccc(CN)c4)ncc3c2)c1. The fourth-order valence-corrected chi connectivity index (χ4v) is 4.12. The lowest BCUT2D eigenvalue weighted by molar-refractivity contribution is 0.0956. The molecule has 6 heteroatoms. The maximum atomic E-state index is 12.3. The summed E-state index contributed by atoms with van der Waals surface area (Å²) in [4.78, 5) is 21.5. The van der Waals surface area contributed by atoms with Crippen LogP contribution in [0.2, 0.25) is 0 Å². The molecule has 174 valence electrons. The van der Waals surface area contributed by atoms with Crippen LogP contribution in [0, 0.1) is 6.92 Å². The van der Waals surface area contributed by atoms with E-state index in [4.69, 9.17) is 10.7 Å². The highest BCUT2D eigenvalue weighted by Gasteiger charge is 2.11. The number of hydrogen-bond acceptors (Lipinski definition) is 5. The molecule has 4 aromatic rings. The van der Waals surface area contributed by atoms with Crippen LogP contribution in [0.1, 0.15) is 40.9 Å². The van der Waals surface area contributed by atoms with Gasteiger partial charge >= 0.3 is 0 Å². The Morgan fingerprint density at radius 3 is 2.68 bits per heavy atom. The summed E-state index contributed by atoms with van der Waals surface area (Å²) in [5, 5.41) is 7.22. The van der Waals surface area contributed by atoms with Gasteiger partial charge in [0.05, 0.1) is 5.52 Å². The number of amides is 1. The third-order valence-electron chi connectivity index (χ3n) is 5.87. The largest absolute Gasteiger partial charge is 0.352 e. The highest BCUT2D eigenvalue weighted by molar-refractivity contribution is 5.96. The normalized spacial score (nSPS) is 11.9. The van der Waals surface area contributed by atoms with Crippen LogP contribution < -0.4 is 16.4 Å². The smallest absolute Gasteiger partial charge is 0.251 e. The van der Waals surface area contributed by atoms with E-state index in [1.807, 2.05) is 55.6 Å². The number of rotatable bonds is 8. The van der Waals surface area contributed by atoms with Gasteiger partial charge in [-0.3, -0.25) is 4.79 Å². The second kappa shape index (κ2) is 10.4. The van der Waals surface area contributed by atoms with E-state index in [2.05, 4.69) is 47.7 Å². The van der Waals surface area contributed by atoms with Gasteiger partial charge in [0.2, 0.25) is 5.95 Å². The Hall–Kier alpha value is -3.77. The lowest BCUT2D eigenvalue weighted by Crippen LogP contribution is -2.22. The van der Waals surface area contributed by atoms with Gasteiger partial charge in [-0.2, -0.15) is 0 Å². The molecule has 1 amide bonds. The van der Waals surface area contributed by atoms with Crippen LogP contribution >= 0.6 is 0 Å². The molecule has 4 N–H and O–H groups in total. The molecule has 1 heterocycles. The van der Waals surface area contributed by atoms with Crippen LogP contribution in [0.5, 0.6) is 0 Å². The second-order valence-corrected chi connectivity index (χ2v) is 8.63. The van der Waals surface area contributed by atoms with Crippen molar-refractivity contribution in [1.29, 1.82) is 0 Å². The monoisotopic (exact) mass is 453 g/mol. The molecule has 4 rings (SSSR count). The quantitative estimate of drug-likeness (QED) is 0.354. The van der Waals surface area contributed by atoms with Crippen molar-refractivity contribution in [3.8, 4) is 11.1 Å². The highest BCUT2D eigenvalue weighted by atomic mass is 16.1. The molecule has 1 aromatic heterocycles. The Balaban J connectivity index is 1.53. The highest BCUT2D eigenvalue weighted by Crippen LogP contribution is 2.28. The minimum absolute atomic E-state index is 0.0625.